The number of halogens is 1. The number of rotatable bonds is 8. The van der Waals surface area contributed by atoms with Gasteiger partial charge in [-0.2, -0.15) is 0 Å². The molecule has 6 heteroatoms. The number of amides is 2. The maximum absolute atomic E-state index is 13.3. The number of benzene rings is 1. The van der Waals surface area contributed by atoms with E-state index in [1.807, 2.05) is 6.92 Å². The predicted octanol–water partition coefficient (Wildman–Crippen LogP) is 3.23. The van der Waals surface area contributed by atoms with Gasteiger partial charge < -0.3 is 15.7 Å². The summed E-state index contributed by atoms with van der Waals surface area (Å²) in [6.07, 6.45) is 2.31. The summed E-state index contributed by atoms with van der Waals surface area (Å²) in [5.74, 6) is -1.03. The van der Waals surface area contributed by atoms with Gasteiger partial charge in [0.2, 0.25) is 0 Å². The molecule has 1 aromatic carbocycles. The summed E-state index contributed by atoms with van der Waals surface area (Å²) in [5, 5.41) is 13.7. The van der Waals surface area contributed by atoms with Crippen LogP contribution in [0.15, 0.2) is 24.3 Å². The first-order valence-corrected chi connectivity index (χ1v) is 7.04. The minimum atomic E-state index is -0.807. The molecule has 1 atom stereocenters. The molecule has 3 N–H and O–H groups in total. The Morgan fingerprint density at radius 3 is 2.62 bits per heavy atom. The standard InChI is InChI=1S/C15H21FN2O3/c1-2-11(7-8-14(19)20)9-10-17-15(21)18-13-6-4-3-5-12(13)16/h3-6,11H,2,7-10H2,1H3,(H,19,20)(H2,17,18,21). The van der Waals surface area contributed by atoms with E-state index >= 15 is 0 Å². The van der Waals surface area contributed by atoms with Crippen LogP contribution in [0.1, 0.15) is 32.6 Å². The van der Waals surface area contributed by atoms with Gasteiger partial charge in [-0.15, -0.1) is 0 Å². The Balaban J connectivity index is 2.29. The highest BCUT2D eigenvalue weighted by molar-refractivity contribution is 5.89. The first-order valence-electron chi connectivity index (χ1n) is 7.04. The van der Waals surface area contributed by atoms with E-state index < -0.39 is 17.8 Å². The lowest BCUT2D eigenvalue weighted by Crippen LogP contribution is -2.30. The fraction of sp³-hybridized carbons (Fsp3) is 0.467. The van der Waals surface area contributed by atoms with Gasteiger partial charge in [0.05, 0.1) is 5.69 Å². The third kappa shape index (κ3) is 6.74. The Morgan fingerprint density at radius 2 is 2.00 bits per heavy atom. The van der Waals surface area contributed by atoms with Crippen molar-refractivity contribution < 1.29 is 19.1 Å². The first-order chi connectivity index (χ1) is 10.0. The molecule has 0 aliphatic rings. The summed E-state index contributed by atoms with van der Waals surface area (Å²) in [6.45, 7) is 2.42. The number of carboxylic acid groups (broad SMARTS) is 1. The number of anilines is 1. The average molecular weight is 296 g/mol. The van der Waals surface area contributed by atoms with Gasteiger partial charge in [0.15, 0.2) is 0 Å². The maximum atomic E-state index is 13.3. The van der Waals surface area contributed by atoms with Crippen molar-refractivity contribution in [3.8, 4) is 0 Å². The Kier molecular flexibility index (Phi) is 7.21. The zero-order valence-corrected chi connectivity index (χ0v) is 12.1. The van der Waals surface area contributed by atoms with Crippen LogP contribution in [-0.2, 0) is 4.79 Å². The van der Waals surface area contributed by atoms with E-state index in [1.165, 1.54) is 12.1 Å². The number of hydrogen-bond donors (Lipinski definition) is 3. The molecular weight excluding hydrogens is 275 g/mol. The number of aliphatic carboxylic acids is 1. The molecule has 0 bridgehead atoms. The molecule has 2 amide bonds. The zero-order chi connectivity index (χ0) is 15.7. The van der Waals surface area contributed by atoms with Crippen LogP contribution in [0.3, 0.4) is 0 Å². The molecule has 0 spiro atoms. The lowest BCUT2D eigenvalue weighted by molar-refractivity contribution is -0.137. The minimum absolute atomic E-state index is 0.132. The van der Waals surface area contributed by atoms with Gasteiger partial charge in [-0.05, 0) is 30.9 Å². The second-order valence-electron chi connectivity index (χ2n) is 4.86. The minimum Gasteiger partial charge on any atom is -0.481 e. The van der Waals surface area contributed by atoms with Crippen molar-refractivity contribution in [2.24, 2.45) is 5.92 Å². The number of carboxylic acids is 1. The van der Waals surface area contributed by atoms with Gasteiger partial charge in [-0.25, -0.2) is 9.18 Å². The predicted molar refractivity (Wildman–Crippen MR) is 78.7 cm³/mol. The van der Waals surface area contributed by atoms with Crippen molar-refractivity contribution in [2.75, 3.05) is 11.9 Å². The molecule has 0 saturated heterocycles. The number of urea groups is 1. The second-order valence-corrected chi connectivity index (χ2v) is 4.86. The van der Waals surface area contributed by atoms with Gasteiger partial charge in [0, 0.05) is 13.0 Å². The average Bonchev–Trinajstić information content (AvgIpc) is 2.45. The largest absolute Gasteiger partial charge is 0.481 e. The van der Waals surface area contributed by atoms with Crippen LogP contribution in [0.5, 0.6) is 0 Å². The van der Waals surface area contributed by atoms with Crippen LogP contribution in [0.2, 0.25) is 0 Å². The molecule has 0 heterocycles. The Labute approximate surface area is 123 Å². The lowest BCUT2D eigenvalue weighted by atomic mass is 9.97. The van der Waals surface area contributed by atoms with E-state index in [4.69, 9.17) is 5.11 Å². The summed E-state index contributed by atoms with van der Waals surface area (Å²) >= 11 is 0. The Morgan fingerprint density at radius 1 is 1.29 bits per heavy atom. The summed E-state index contributed by atoms with van der Waals surface area (Å²) in [4.78, 5) is 22.1. The molecule has 1 unspecified atom stereocenters. The van der Waals surface area contributed by atoms with Crippen molar-refractivity contribution in [3.05, 3.63) is 30.1 Å². The van der Waals surface area contributed by atoms with Gasteiger partial charge >= 0.3 is 12.0 Å². The van der Waals surface area contributed by atoms with E-state index in [-0.39, 0.29) is 18.0 Å². The molecule has 0 aliphatic heterocycles. The summed E-state index contributed by atoms with van der Waals surface area (Å²) in [5.41, 5.74) is 0.132. The van der Waals surface area contributed by atoms with Crippen LogP contribution in [0.4, 0.5) is 14.9 Å². The Bertz CT molecular complexity index is 480. The molecule has 116 valence electrons. The quantitative estimate of drug-likeness (QED) is 0.689. The van der Waals surface area contributed by atoms with Crippen LogP contribution < -0.4 is 10.6 Å². The van der Waals surface area contributed by atoms with E-state index in [0.717, 1.165) is 6.42 Å². The number of carbonyl (C=O) groups is 2. The molecule has 0 aromatic heterocycles. The van der Waals surface area contributed by atoms with Gasteiger partial charge in [0.1, 0.15) is 5.82 Å². The van der Waals surface area contributed by atoms with Crippen molar-refractivity contribution in [3.63, 3.8) is 0 Å². The number of carbonyl (C=O) groups excluding carboxylic acids is 1. The molecule has 1 aromatic rings. The SMILES string of the molecule is CCC(CCNC(=O)Nc1ccccc1F)CCC(=O)O. The highest BCUT2D eigenvalue weighted by Gasteiger charge is 2.10. The molecular formula is C15H21FN2O3. The fourth-order valence-electron chi connectivity index (χ4n) is 2.00. The molecule has 0 saturated carbocycles. The van der Waals surface area contributed by atoms with Crippen molar-refractivity contribution in [1.29, 1.82) is 0 Å². The van der Waals surface area contributed by atoms with Gasteiger partial charge in [-0.1, -0.05) is 25.5 Å². The topological polar surface area (TPSA) is 78.4 Å². The summed E-state index contributed by atoms with van der Waals surface area (Å²) < 4.78 is 13.3. The molecule has 0 aliphatic carbocycles. The second kappa shape index (κ2) is 8.94. The maximum Gasteiger partial charge on any atom is 0.319 e. The van der Waals surface area contributed by atoms with E-state index in [1.54, 1.807) is 12.1 Å². The van der Waals surface area contributed by atoms with E-state index in [9.17, 15) is 14.0 Å². The van der Waals surface area contributed by atoms with Crippen molar-refractivity contribution in [2.45, 2.75) is 32.6 Å². The third-order valence-corrected chi connectivity index (χ3v) is 3.30. The Hall–Kier alpha value is -2.11. The normalized spacial score (nSPS) is 11.7. The van der Waals surface area contributed by atoms with Crippen LogP contribution in [0, 0.1) is 11.7 Å². The van der Waals surface area contributed by atoms with Gasteiger partial charge in [0.25, 0.3) is 0 Å². The fourth-order valence-corrected chi connectivity index (χ4v) is 2.00. The molecule has 0 radical (unpaired) electrons. The first kappa shape index (κ1) is 16.9. The third-order valence-electron chi connectivity index (χ3n) is 3.30. The van der Waals surface area contributed by atoms with Crippen LogP contribution in [0.25, 0.3) is 0 Å². The van der Waals surface area contributed by atoms with Gasteiger partial charge in [-0.3, -0.25) is 4.79 Å². The number of nitrogens with one attached hydrogen (secondary N) is 2. The number of hydrogen-bond acceptors (Lipinski definition) is 2. The smallest absolute Gasteiger partial charge is 0.319 e. The summed E-state index contributed by atoms with van der Waals surface area (Å²) in [6, 6.07) is 5.48. The monoisotopic (exact) mass is 296 g/mol. The lowest BCUT2D eigenvalue weighted by Gasteiger charge is -2.14. The molecule has 1 rings (SSSR count). The van der Waals surface area contributed by atoms with Crippen LogP contribution >= 0.6 is 0 Å². The van der Waals surface area contributed by atoms with Crippen molar-refractivity contribution in [1.82, 2.24) is 5.32 Å². The van der Waals surface area contributed by atoms with E-state index in [2.05, 4.69) is 10.6 Å². The highest BCUT2D eigenvalue weighted by atomic mass is 19.1. The van der Waals surface area contributed by atoms with Crippen LogP contribution in [-0.4, -0.2) is 23.7 Å². The zero-order valence-electron chi connectivity index (χ0n) is 12.1. The van der Waals surface area contributed by atoms with Crippen molar-refractivity contribution >= 4 is 17.7 Å². The number of para-hydroxylation sites is 1. The van der Waals surface area contributed by atoms with E-state index in [0.29, 0.717) is 19.4 Å². The highest BCUT2D eigenvalue weighted by Crippen LogP contribution is 2.15. The molecule has 0 fully saturated rings. The summed E-state index contributed by atoms with van der Waals surface area (Å²) in [7, 11) is 0. The molecule has 5 nitrogen and oxygen atoms in total. The molecule has 21 heavy (non-hydrogen) atoms.